The molecule has 0 aromatic carbocycles. The third kappa shape index (κ3) is 12.3. The zero-order chi connectivity index (χ0) is 18.7. The Balaban J connectivity index is 0.00000625. The minimum absolute atomic E-state index is 0. The van der Waals surface area contributed by atoms with E-state index in [4.69, 9.17) is 4.74 Å². The molecule has 1 aliphatic rings. The Hall–Kier alpha value is -0.120. The molecule has 0 bridgehead atoms. The van der Waals surface area contributed by atoms with Crippen LogP contribution >= 0.6 is 24.0 Å². The van der Waals surface area contributed by atoms with Gasteiger partial charge in [-0.1, -0.05) is 0 Å². The third-order valence-electron chi connectivity index (χ3n) is 4.38. The molecule has 0 radical (unpaired) electrons. The summed E-state index contributed by atoms with van der Waals surface area (Å²) in [4.78, 5) is 6.96. The highest BCUT2D eigenvalue weighted by Crippen LogP contribution is 2.28. The first-order valence-electron chi connectivity index (χ1n) is 9.97. The lowest BCUT2D eigenvalue weighted by atomic mass is 10.2. The highest BCUT2D eigenvalue weighted by atomic mass is 127. The van der Waals surface area contributed by atoms with Crippen molar-refractivity contribution >= 4 is 29.9 Å². The standard InChI is InChI=1S/C19H40N4O2.HI/c1-6-20-19(21-10-7-11-23(15(2)3)16(4)5)22-12-18(24)14-25-13-17-8-9-17;/h15-18,24H,6-14H2,1-5H3,(H2,20,21,22);1H. The Morgan fingerprint density at radius 3 is 2.38 bits per heavy atom. The first-order chi connectivity index (χ1) is 11.9. The van der Waals surface area contributed by atoms with Crippen molar-refractivity contribution in [2.24, 2.45) is 10.9 Å². The molecule has 0 spiro atoms. The second-order valence-electron chi connectivity index (χ2n) is 7.56. The number of hydrogen-bond donors (Lipinski definition) is 3. The van der Waals surface area contributed by atoms with Gasteiger partial charge in [0.1, 0.15) is 0 Å². The van der Waals surface area contributed by atoms with Crippen molar-refractivity contribution in [1.82, 2.24) is 15.5 Å². The van der Waals surface area contributed by atoms with E-state index in [-0.39, 0.29) is 24.0 Å². The van der Waals surface area contributed by atoms with Crippen molar-refractivity contribution in [2.75, 3.05) is 39.4 Å². The maximum absolute atomic E-state index is 9.97. The predicted molar refractivity (Wildman–Crippen MR) is 121 cm³/mol. The molecule has 3 N–H and O–H groups in total. The molecule has 26 heavy (non-hydrogen) atoms. The smallest absolute Gasteiger partial charge is 0.191 e. The quantitative estimate of drug-likeness (QED) is 0.162. The van der Waals surface area contributed by atoms with Gasteiger partial charge >= 0.3 is 0 Å². The lowest BCUT2D eigenvalue weighted by molar-refractivity contribution is 0.0368. The van der Waals surface area contributed by atoms with Crippen LogP contribution in [0.1, 0.15) is 53.9 Å². The van der Waals surface area contributed by atoms with Crippen molar-refractivity contribution < 1.29 is 9.84 Å². The van der Waals surface area contributed by atoms with E-state index in [1.807, 2.05) is 6.92 Å². The molecule has 1 saturated carbocycles. The number of hydrogen-bond acceptors (Lipinski definition) is 4. The number of rotatable bonds is 13. The van der Waals surface area contributed by atoms with Crippen LogP contribution in [-0.2, 0) is 4.74 Å². The van der Waals surface area contributed by atoms with Crippen LogP contribution in [0.3, 0.4) is 0 Å². The van der Waals surface area contributed by atoms with Gasteiger partial charge < -0.3 is 20.5 Å². The van der Waals surface area contributed by atoms with Crippen LogP contribution in [0.2, 0.25) is 0 Å². The number of nitrogens with zero attached hydrogens (tertiary/aromatic N) is 2. The Bertz CT molecular complexity index is 369. The SMILES string of the molecule is CCNC(=NCC(O)COCC1CC1)NCCCN(C(C)C)C(C)C.I. The Labute approximate surface area is 177 Å². The van der Waals surface area contributed by atoms with Gasteiger partial charge in [0.25, 0.3) is 0 Å². The molecule has 1 unspecified atom stereocenters. The average molecular weight is 484 g/mol. The van der Waals surface area contributed by atoms with Crippen molar-refractivity contribution in [1.29, 1.82) is 0 Å². The number of halogens is 1. The molecular weight excluding hydrogens is 443 g/mol. The van der Waals surface area contributed by atoms with Gasteiger partial charge in [-0.25, -0.2) is 0 Å². The monoisotopic (exact) mass is 484 g/mol. The van der Waals surface area contributed by atoms with Gasteiger partial charge in [0.2, 0.25) is 0 Å². The molecule has 0 saturated heterocycles. The molecule has 0 aromatic heterocycles. The molecule has 1 fully saturated rings. The summed E-state index contributed by atoms with van der Waals surface area (Å²) in [6, 6.07) is 1.13. The Kier molecular flexibility index (Phi) is 14.8. The molecule has 156 valence electrons. The highest BCUT2D eigenvalue weighted by molar-refractivity contribution is 14.0. The third-order valence-corrected chi connectivity index (χ3v) is 4.38. The van der Waals surface area contributed by atoms with Gasteiger partial charge in [-0.05, 0) is 59.8 Å². The molecule has 0 amide bonds. The van der Waals surface area contributed by atoms with Crippen molar-refractivity contribution in [3.63, 3.8) is 0 Å². The average Bonchev–Trinajstić information content (AvgIpc) is 3.35. The van der Waals surface area contributed by atoms with E-state index in [1.165, 1.54) is 12.8 Å². The fourth-order valence-corrected chi connectivity index (χ4v) is 2.83. The molecule has 0 aliphatic heterocycles. The summed E-state index contributed by atoms with van der Waals surface area (Å²) >= 11 is 0. The second-order valence-corrected chi connectivity index (χ2v) is 7.56. The number of aliphatic hydroxyl groups excluding tert-OH is 1. The van der Waals surface area contributed by atoms with Crippen LogP contribution in [-0.4, -0.2) is 73.5 Å². The zero-order valence-electron chi connectivity index (χ0n) is 17.3. The van der Waals surface area contributed by atoms with Crippen molar-refractivity contribution in [2.45, 2.75) is 72.1 Å². The fourth-order valence-electron chi connectivity index (χ4n) is 2.83. The molecule has 0 aromatic rings. The first kappa shape index (κ1) is 25.9. The van der Waals surface area contributed by atoms with E-state index in [0.717, 1.165) is 44.5 Å². The van der Waals surface area contributed by atoms with Crippen molar-refractivity contribution in [3.05, 3.63) is 0 Å². The van der Waals surface area contributed by atoms with E-state index in [9.17, 15) is 5.11 Å². The van der Waals surface area contributed by atoms with Gasteiger partial charge in [-0.2, -0.15) is 0 Å². The summed E-state index contributed by atoms with van der Waals surface area (Å²) in [5.74, 6) is 1.50. The minimum atomic E-state index is -0.536. The maximum Gasteiger partial charge on any atom is 0.191 e. The topological polar surface area (TPSA) is 69.1 Å². The van der Waals surface area contributed by atoms with Gasteiger partial charge in [-0.15, -0.1) is 24.0 Å². The van der Waals surface area contributed by atoms with Crippen LogP contribution < -0.4 is 10.6 Å². The lowest BCUT2D eigenvalue weighted by Gasteiger charge is -2.30. The summed E-state index contributed by atoms with van der Waals surface area (Å²) in [6.45, 7) is 15.3. The predicted octanol–water partition coefficient (Wildman–Crippen LogP) is 2.46. The summed E-state index contributed by atoms with van der Waals surface area (Å²) < 4.78 is 5.52. The normalized spacial score (nSPS) is 16.1. The summed E-state index contributed by atoms with van der Waals surface area (Å²) in [5.41, 5.74) is 0. The molecule has 1 rings (SSSR count). The summed E-state index contributed by atoms with van der Waals surface area (Å²) in [7, 11) is 0. The van der Waals surface area contributed by atoms with Gasteiger partial charge in [0.15, 0.2) is 5.96 Å². The molecule has 1 aliphatic carbocycles. The maximum atomic E-state index is 9.97. The van der Waals surface area contributed by atoms with Crippen LogP contribution in [0, 0.1) is 5.92 Å². The van der Waals surface area contributed by atoms with Crippen LogP contribution in [0.4, 0.5) is 0 Å². The lowest BCUT2D eigenvalue weighted by Crippen LogP contribution is -2.41. The van der Waals surface area contributed by atoms with E-state index in [1.54, 1.807) is 0 Å². The fraction of sp³-hybridized carbons (Fsp3) is 0.947. The number of ether oxygens (including phenoxy) is 1. The molecule has 1 atom stereocenters. The van der Waals surface area contributed by atoms with E-state index >= 15 is 0 Å². The van der Waals surface area contributed by atoms with Gasteiger partial charge in [-0.3, -0.25) is 9.89 Å². The number of nitrogens with one attached hydrogen (secondary N) is 2. The Morgan fingerprint density at radius 1 is 1.19 bits per heavy atom. The number of aliphatic imine (C=N–C) groups is 1. The van der Waals surface area contributed by atoms with Crippen LogP contribution in [0.25, 0.3) is 0 Å². The molecule has 7 heteroatoms. The Morgan fingerprint density at radius 2 is 1.85 bits per heavy atom. The molecular formula is C19H41IN4O2. The van der Waals surface area contributed by atoms with Crippen molar-refractivity contribution in [3.8, 4) is 0 Å². The molecule has 6 nitrogen and oxygen atoms in total. The zero-order valence-corrected chi connectivity index (χ0v) is 19.7. The summed E-state index contributed by atoms with van der Waals surface area (Å²) in [6.07, 6.45) is 3.07. The first-order valence-corrected chi connectivity index (χ1v) is 9.97. The largest absolute Gasteiger partial charge is 0.389 e. The van der Waals surface area contributed by atoms with Crippen LogP contribution in [0.15, 0.2) is 4.99 Å². The minimum Gasteiger partial charge on any atom is -0.389 e. The van der Waals surface area contributed by atoms with Gasteiger partial charge in [0, 0.05) is 38.3 Å². The van der Waals surface area contributed by atoms with E-state index in [0.29, 0.717) is 25.2 Å². The molecule has 0 heterocycles. The van der Waals surface area contributed by atoms with Gasteiger partial charge in [0.05, 0.1) is 19.3 Å². The van der Waals surface area contributed by atoms with Crippen LogP contribution in [0.5, 0.6) is 0 Å². The summed E-state index contributed by atoms with van der Waals surface area (Å²) in [5, 5.41) is 16.6. The van der Waals surface area contributed by atoms with E-state index < -0.39 is 6.10 Å². The number of aliphatic hydroxyl groups is 1. The highest BCUT2D eigenvalue weighted by Gasteiger charge is 2.21. The van der Waals surface area contributed by atoms with E-state index in [2.05, 4.69) is 48.2 Å². The number of guanidine groups is 1. The second kappa shape index (κ2) is 14.9.